The fourth-order valence-electron chi connectivity index (χ4n) is 4.15. The summed E-state index contributed by atoms with van der Waals surface area (Å²) in [6.07, 6.45) is 0.778. The van der Waals surface area contributed by atoms with E-state index in [9.17, 15) is 23.2 Å². The van der Waals surface area contributed by atoms with Crippen molar-refractivity contribution in [2.45, 2.75) is 40.2 Å². The van der Waals surface area contributed by atoms with Crippen molar-refractivity contribution in [2.75, 3.05) is 13.7 Å². The number of amides is 2. The molecule has 0 radical (unpaired) electrons. The van der Waals surface area contributed by atoms with Crippen LogP contribution in [0.5, 0.6) is 11.5 Å². The van der Waals surface area contributed by atoms with Crippen LogP contribution in [-0.4, -0.2) is 42.7 Å². The number of nitrogens with zero attached hydrogens (tertiary/aromatic N) is 1. The van der Waals surface area contributed by atoms with E-state index in [-0.39, 0.29) is 29.7 Å². The third kappa shape index (κ3) is 7.90. The van der Waals surface area contributed by atoms with Crippen molar-refractivity contribution >= 4 is 23.5 Å². The summed E-state index contributed by atoms with van der Waals surface area (Å²) < 4.78 is 42.6. The van der Waals surface area contributed by atoms with Crippen LogP contribution in [-0.2, 0) is 9.53 Å². The number of pyridine rings is 1. The van der Waals surface area contributed by atoms with Crippen LogP contribution in [0.15, 0.2) is 66.5 Å². The molecule has 2 aromatic carbocycles. The maximum Gasteiger partial charge on any atom is 0.514 e. The molecule has 42 heavy (non-hydrogen) atoms. The first-order valence-corrected chi connectivity index (χ1v) is 13.3. The zero-order valence-corrected chi connectivity index (χ0v) is 24.0. The van der Waals surface area contributed by atoms with Gasteiger partial charge < -0.3 is 24.8 Å². The van der Waals surface area contributed by atoms with E-state index in [2.05, 4.69) is 15.6 Å². The third-order valence-corrected chi connectivity index (χ3v) is 6.48. The quantitative estimate of drug-likeness (QED) is 0.282. The lowest BCUT2D eigenvalue weighted by molar-refractivity contribution is -0.123. The van der Waals surface area contributed by atoms with E-state index < -0.39 is 35.6 Å². The summed E-state index contributed by atoms with van der Waals surface area (Å²) in [4.78, 5) is 43.1. The predicted molar refractivity (Wildman–Crippen MR) is 152 cm³/mol. The van der Waals surface area contributed by atoms with Gasteiger partial charge in [-0.15, -0.1) is 0 Å². The van der Waals surface area contributed by atoms with Crippen molar-refractivity contribution in [3.8, 4) is 11.5 Å². The Morgan fingerprint density at radius 1 is 0.929 bits per heavy atom. The van der Waals surface area contributed by atoms with E-state index in [1.165, 1.54) is 43.6 Å². The lowest BCUT2D eigenvalue weighted by Gasteiger charge is -2.25. The van der Waals surface area contributed by atoms with Gasteiger partial charge in [0.25, 0.3) is 5.91 Å². The molecule has 0 unspecified atom stereocenters. The first-order chi connectivity index (χ1) is 20.1. The van der Waals surface area contributed by atoms with Gasteiger partial charge in [-0.05, 0) is 55.2 Å². The predicted octanol–water partition coefficient (Wildman–Crippen LogP) is 5.64. The Morgan fingerprint density at radius 3 is 2.00 bits per heavy atom. The second-order valence-corrected chi connectivity index (χ2v) is 9.32. The van der Waals surface area contributed by atoms with Gasteiger partial charge in [0.1, 0.15) is 17.7 Å². The summed E-state index contributed by atoms with van der Waals surface area (Å²) in [6, 6.07) is 11.7. The molecule has 0 fully saturated rings. The minimum Gasteiger partial charge on any atom is -0.493 e. The Balaban J connectivity index is 1.96. The van der Waals surface area contributed by atoms with E-state index in [0.717, 1.165) is 0 Å². The van der Waals surface area contributed by atoms with Crippen LogP contribution in [0, 0.1) is 17.6 Å². The van der Waals surface area contributed by atoms with E-state index in [1.54, 1.807) is 45.0 Å². The number of carbonyl (C=O) groups is 3. The molecular formula is C31H33F2N3O6. The number of ether oxygens (including phenoxy) is 3. The Labute approximate surface area is 242 Å². The molecule has 0 spiro atoms. The number of carbonyl (C=O) groups excluding carboxylic acids is 3. The number of rotatable bonds is 11. The van der Waals surface area contributed by atoms with Crippen LogP contribution in [0.3, 0.4) is 0 Å². The average Bonchev–Trinajstić information content (AvgIpc) is 2.97. The van der Waals surface area contributed by atoms with Crippen molar-refractivity contribution in [2.24, 2.45) is 5.92 Å². The van der Waals surface area contributed by atoms with Crippen LogP contribution < -0.4 is 20.1 Å². The highest BCUT2D eigenvalue weighted by molar-refractivity contribution is 6.00. The summed E-state index contributed by atoms with van der Waals surface area (Å²) in [7, 11) is 1.33. The molecule has 3 aromatic rings. The summed E-state index contributed by atoms with van der Waals surface area (Å²) in [5.74, 6) is -2.71. The lowest BCUT2D eigenvalue weighted by Crippen LogP contribution is -2.50. The molecule has 9 nitrogen and oxygen atoms in total. The molecule has 2 N–H and O–H groups in total. The number of hydrogen-bond acceptors (Lipinski definition) is 7. The van der Waals surface area contributed by atoms with Gasteiger partial charge in [0.2, 0.25) is 11.7 Å². The average molecular weight is 582 g/mol. The molecule has 0 aliphatic heterocycles. The minimum absolute atomic E-state index is 0.0455. The molecule has 2 atom stereocenters. The molecule has 222 valence electrons. The highest BCUT2D eigenvalue weighted by Gasteiger charge is 2.30. The summed E-state index contributed by atoms with van der Waals surface area (Å²) in [6.45, 7) is 6.95. The maximum absolute atomic E-state index is 13.7. The van der Waals surface area contributed by atoms with Gasteiger partial charge in [0.15, 0.2) is 11.4 Å². The van der Waals surface area contributed by atoms with E-state index in [4.69, 9.17) is 14.2 Å². The Hall–Kier alpha value is -4.80. The first kappa shape index (κ1) is 31.7. The summed E-state index contributed by atoms with van der Waals surface area (Å²) in [5, 5.41) is 5.55. The lowest BCUT2D eigenvalue weighted by atomic mass is 9.95. The molecule has 0 saturated heterocycles. The van der Waals surface area contributed by atoms with Crippen LogP contribution in [0.2, 0.25) is 0 Å². The summed E-state index contributed by atoms with van der Waals surface area (Å²) >= 11 is 0. The van der Waals surface area contributed by atoms with Gasteiger partial charge in [-0.3, -0.25) is 9.59 Å². The zero-order chi connectivity index (χ0) is 30.8. The van der Waals surface area contributed by atoms with Gasteiger partial charge in [-0.25, -0.2) is 18.6 Å². The van der Waals surface area contributed by atoms with Crippen LogP contribution >= 0.6 is 0 Å². The molecular weight excluding hydrogens is 548 g/mol. The van der Waals surface area contributed by atoms with Crippen molar-refractivity contribution in [1.29, 1.82) is 0 Å². The zero-order valence-electron chi connectivity index (χ0n) is 24.0. The Bertz CT molecular complexity index is 1390. The molecule has 0 aliphatic carbocycles. The van der Waals surface area contributed by atoms with Crippen molar-refractivity contribution in [1.82, 2.24) is 15.6 Å². The molecule has 0 aliphatic rings. The number of methoxy groups -OCH3 is 1. The smallest absolute Gasteiger partial charge is 0.493 e. The first-order valence-electron chi connectivity index (χ1n) is 13.3. The number of benzene rings is 2. The summed E-state index contributed by atoms with van der Waals surface area (Å²) in [5.41, 5.74) is 1.83. The third-order valence-electron chi connectivity index (χ3n) is 6.48. The monoisotopic (exact) mass is 581 g/mol. The molecule has 1 aromatic heterocycles. The second-order valence-electron chi connectivity index (χ2n) is 9.32. The molecule has 11 heteroatoms. The topological polar surface area (TPSA) is 116 Å². The molecule has 3 rings (SSSR count). The van der Waals surface area contributed by atoms with Gasteiger partial charge in [-0.1, -0.05) is 44.5 Å². The van der Waals surface area contributed by atoms with Crippen molar-refractivity contribution in [3.63, 3.8) is 0 Å². The standard InChI is InChI=1S/C31H33F2N3O6/c1-6-18(3)26(36-30(38)27-28(42-31(39)41-7-2)24(40-5)16-17-34-27)29(37)35-19(4)25(20-8-12-22(32)13-9-20)21-10-14-23(33)15-11-21/h8-18,26H,6-7H2,1-5H3,(H,35,37)(H,36,38)/t18-,26-/m0/s1. The Morgan fingerprint density at radius 2 is 1.50 bits per heavy atom. The van der Waals surface area contributed by atoms with Crippen LogP contribution in [0.1, 0.15) is 55.7 Å². The molecule has 0 saturated carbocycles. The van der Waals surface area contributed by atoms with E-state index >= 15 is 0 Å². The van der Waals surface area contributed by atoms with Gasteiger partial charge >= 0.3 is 6.16 Å². The van der Waals surface area contributed by atoms with E-state index in [0.29, 0.717) is 28.8 Å². The molecule has 1 heterocycles. The van der Waals surface area contributed by atoms with Crippen molar-refractivity contribution < 1.29 is 37.4 Å². The number of aromatic nitrogens is 1. The number of hydrogen-bond donors (Lipinski definition) is 2. The number of allylic oxidation sites excluding steroid dienone is 1. The SMILES string of the molecule is CCOC(=O)Oc1c(OC)ccnc1C(=O)N[C@H](C(=O)NC(C)=C(c1ccc(F)cc1)c1ccc(F)cc1)[C@@H](C)CC. The Kier molecular flexibility index (Phi) is 11.1. The van der Waals surface area contributed by atoms with Gasteiger partial charge in [-0.2, -0.15) is 0 Å². The molecule has 0 bridgehead atoms. The largest absolute Gasteiger partial charge is 0.514 e. The van der Waals surface area contributed by atoms with Gasteiger partial charge in [0, 0.05) is 23.5 Å². The molecule has 2 amide bonds. The highest BCUT2D eigenvalue weighted by Crippen LogP contribution is 2.30. The number of halogens is 2. The van der Waals surface area contributed by atoms with Crippen molar-refractivity contribution in [3.05, 3.63) is 94.9 Å². The van der Waals surface area contributed by atoms with Crippen LogP contribution in [0.4, 0.5) is 13.6 Å². The number of nitrogens with one attached hydrogen (secondary N) is 2. The second kappa shape index (κ2) is 14.7. The normalized spacial score (nSPS) is 12.0. The van der Waals surface area contributed by atoms with Crippen LogP contribution in [0.25, 0.3) is 5.57 Å². The van der Waals surface area contributed by atoms with Gasteiger partial charge in [0.05, 0.1) is 13.7 Å². The maximum atomic E-state index is 13.7. The minimum atomic E-state index is -1.05. The fraction of sp³-hybridized carbons (Fsp3) is 0.290. The fourth-order valence-corrected chi connectivity index (χ4v) is 4.15. The highest BCUT2D eigenvalue weighted by atomic mass is 19.1. The van der Waals surface area contributed by atoms with E-state index in [1.807, 2.05) is 6.92 Å².